The van der Waals surface area contributed by atoms with Gasteiger partial charge in [0.15, 0.2) is 11.6 Å². The number of nitrogens with zero attached hydrogens (tertiary/aromatic N) is 7. The first kappa shape index (κ1) is 22.4. The van der Waals surface area contributed by atoms with Gasteiger partial charge in [-0.2, -0.15) is 20.2 Å². The molecule has 1 saturated heterocycles. The molecule has 1 N–H and O–H groups in total. The molecule has 5 heterocycles. The summed E-state index contributed by atoms with van der Waals surface area (Å²) in [5.41, 5.74) is 3.82. The van der Waals surface area contributed by atoms with Crippen LogP contribution in [0.1, 0.15) is 5.56 Å². The predicted octanol–water partition coefficient (Wildman–Crippen LogP) is 2.33. The predicted molar refractivity (Wildman–Crippen MR) is 134 cm³/mol. The van der Waals surface area contributed by atoms with E-state index in [2.05, 4.69) is 25.3 Å². The number of morpholine rings is 1. The molecule has 0 saturated carbocycles. The van der Waals surface area contributed by atoms with Gasteiger partial charge in [0.05, 0.1) is 37.4 Å². The van der Waals surface area contributed by atoms with E-state index in [-0.39, 0.29) is 0 Å². The second kappa shape index (κ2) is 9.86. The lowest BCUT2D eigenvalue weighted by Gasteiger charge is -2.28. The van der Waals surface area contributed by atoms with Crippen molar-refractivity contribution in [1.82, 2.24) is 29.5 Å². The summed E-state index contributed by atoms with van der Waals surface area (Å²) in [6, 6.07) is 10.3. The zero-order chi connectivity index (χ0) is 24.3. The summed E-state index contributed by atoms with van der Waals surface area (Å²) in [4.78, 5) is 11.5. The molecule has 2 aliphatic heterocycles. The van der Waals surface area contributed by atoms with Crippen LogP contribution in [-0.4, -0.2) is 75.6 Å². The first-order chi connectivity index (χ1) is 17.7. The molecule has 186 valence electrons. The molecule has 0 radical (unpaired) electrons. The van der Waals surface area contributed by atoms with Crippen molar-refractivity contribution in [1.29, 1.82) is 0 Å². The first-order valence-corrected chi connectivity index (χ1v) is 12.1. The van der Waals surface area contributed by atoms with Crippen LogP contribution in [0, 0.1) is 0 Å². The van der Waals surface area contributed by atoms with Crippen LogP contribution in [0.15, 0.2) is 48.9 Å². The Hall–Kier alpha value is -4.12. The lowest BCUT2D eigenvalue weighted by atomic mass is 10.1. The molecule has 11 heteroatoms. The van der Waals surface area contributed by atoms with E-state index in [0.29, 0.717) is 44.7 Å². The molecule has 4 aromatic rings. The van der Waals surface area contributed by atoms with Gasteiger partial charge in [-0.3, -0.25) is 4.68 Å². The molecule has 3 aromatic heterocycles. The van der Waals surface area contributed by atoms with E-state index in [1.807, 2.05) is 56.0 Å². The van der Waals surface area contributed by atoms with E-state index in [4.69, 9.17) is 19.3 Å². The maximum absolute atomic E-state index is 5.99. The minimum atomic E-state index is 0.319. The molecule has 1 fully saturated rings. The third-order valence-electron chi connectivity index (χ3n) is 6.17. The van der Waals surface area contributed by atoms with Crippen molar-refractivity contribution in [3.8, 4) is 28.8 Å². The van der Waals surface area contributed by atoms with Gasteiger partial charge in [0.1, 0.15) is 12.4 Å². The SMILES string of the molecule is Cn1cc(CCOc2nc(N3CCOCC3)cc(-n3ccc(-c4cccc5c4OCCN5)n3)n2)cn1. The Morgan fingerprint density at radius 1 is 1.08 bits per heavy atom. The zero-order valence-electron chi connectivity index (χ0n) is 20.1. The zero-order valence-corrected chi connectivity index (χ0v) is 20.1. The Labute approximate surface area is 208 Å². The van der Waals surface area contributed by atoms with Crippen molar-refractivity contribution in [2.45, 2.75) is 6.42 Å². The molecule has 0 atom stereocenters. The summed E-state index contributed by atoms with van der Waals surface area (Å²) in [6.45, 7) is 4.71. The Morgan fingerprint density at radius 2 is 1.97 bits per heavy atom. The monoisotopic (exact) mass is 488 g/mol. The summed E-state index contributed by atoms with van der Waals surface area (Å²) >= 11 is 0. The van der Waals surface area contributed by atoms with E-state index in [9.17, 15) is 0 Å². The molecule has 0 unspecified atom stereocenters. The summed E-state index contributed by atoms with van der Waals surface area (Å²) in [6.07, 6.45) is 6.43. The van der Waals surface area contributed by atoms with E-state index in [1.165, 1.54) is 0 Å². The van der Waals surface area contributed by atoms with Gasteiger partial charge in [0.25, 0.3) is 0 Å². The van der Waals surface area contributed by atoms with Crippen molar-refractivity contribution >= 4 is 11.5 Å². The van der Waals surface area contributed by atoms with Gasteiger partial charge < -0.3 is 24.4 Å². The molecule has 0 amide bonds. The van der Waals surface area contributed by atoms with Crippen LogP contribution in [-0.2, 0) is 18.2 Å². The van der Waals surface area contributed by atoms with Gasteiger partial charge in [-0.1, -0.05) is 6.07 Å². The quantitative estimate of drug-likeness (QED) is 0.420. The number of aryl methyl sites for hydroxylation is 1. The maximum atomic E-state index is 5.99. The number of aromatic nitrogens is 6. The smallest absolute Gasteiger partial charge is 0.320 e. The average Bonchev–Trinajstić information content (AvgIpc) is 3.58. The van der Waals surface area contributed by atoms with Crippen molar-refractivity contribution in [3.63, 3.8) is 0 Å². The highest BCUT2D eigenvalue weighted by Crippen LogP contribution is 2.37. The van der Waals surface area contributed by atoms with E-state index in [1.54, 1.807) is 9.36 Å². The normalized spacial score (nSPS) is 15.2. The largest absolute Gasteiger partial charge is 0.489 e. The van der Waals surface area contributed by atoms with Gasteiger partial charge in [-0.05, 0) is 23.8 Å². The fourth-order valence-electron chi connectivity index (χ4n) is 4.37. The van der Waals surface area contributed by atoms with Gasteiger partial charge >= 0.3 is 6.01 Å². The Kier molecular flexibility index (Phi) is 6.12. The summed E-state index contributed by atoms with van der Waals surface area (Å²) in [7, 11) is 1.90. The van der Waals surface area contributed by atoms with E-state index in [0.717, 1.165) is 53.7 Å². The lowest BCUT2D eigenvalue weighted by Crippen LogP contribution is -2.37. The average molecular weight is 489 g/mol. The molecule has 1 aromatic carbocycles. The summed E-state index contributed by atoms with van der Waals surface area (Å²) in [5.74, 6) is 2.25. The topological polar surface area (TPSA) is 104 Å². The van der Waals surface area contributed by atoms with Crippen LogP contribution >= 0.6 is 0 Å². The van der Waals surface area contributed by atoms with Crippen LogP contribution in [0.3, 0.4) is 0 Å². The highest BCUT2D eigenvalue weighted by Gasteiger charge is 2.19. The molecule has 6 rings (SSSR count). The first-order valence-electron chi connectivity index (χ1n) is 12.1. The van der Waals surface area contributed by atoms with Crippen molar-refractivity contribution in [2.24, 2.45) is 7.05 Å². The highest BCUT2D eigenvalue weighted by molar-refractivity contribution is 5.76. The van der Waals surface area contributed by atoms with Crippen molar-refractivity contribution in [3.05, 3.63) is 54.5 Å². The van der Waals surface area contributed by atoms with Crippen LogP contribution < -0.4 is 19.7 Å². The minimum Gasteiger partial charge on any atom is -0.489 e. The number of benzene rings is 1. The number of hydrogen-bond donors (Lipinski definition) is 1. The second-order valence-electron chi connectivity index (χ2n) is 8.69. The van der Waals surface area contributed by atoms with Crippen molar-refractivity contribution in [2.75, 3.05) is 56.3 Å². The second-order valence-corrected chi connectivity index (χ2v) is 8.69. The molecular weight excluding hydrogens is 460 g/mol. The van der Waals surface area contributed by atoms with Crippen LogP contribution in [0.25, 0.3) is 17.1 Å². The maximum Gasteiger partial charge on any atom is 0.320 e. The molecule has 0 bridgehead atoms. The molecule has 36 heavy (non-hydrogen) atoms. The molecule has 2 aliphatic rings. The number of rotatable bonds is 7. The fraction of sp³-hybridized carbons (Fsp3) is 0.360. The van der Waals surface area contributed by atoms with Gasteiger partial charge in [0, 0.05) is 57.1 Å². The third-order valence-corrected chi connectivity index (χ3v) is 6.17. The summed E-state index contributed by atoms with van der Waals surface area (Å²) in [5, 5.41) is 12.4. The van der Waals surface area contributed by atoms with Crippen molar-refractivity contribution < 1.29 is 14.2 Å². The number of fused-ring (bicyclic) bond motifs is 1. The summed E-state index contributed by atoms with van der Waals surface area (Å²) < 4.78 is 21.0. The lowest BCUT2D eigenvalue weighted by molar-refractivity contribution is 0.122. The van der Waals surface area contributed by atoms with Gasteiger partial charge in [-0.25, -0.2) is 4.68 Å². The van der Waals surface area contributed by atoms with Crippen LogP contribution in [0.2, 0.25) is 0 Å². The highest BCUT2D eigenvalue weighted by atomic mass is 16.5. The third kappa shape index (κ3) is 4.69. The number of anilines is 2. The van der Waals surface area contributed by atoms with E-state index < -0.39 is 0 Å². The fourth-order valence-corrected chi connectivity index (χ4v) is 4.37. The number of para-hydroxylation sites is 1. The molecular formula is C25H28N8O3. The van der Waals surface area contributed by atoms with E-state index >= 15 is 0 Å². The number of hydrogen-bond acceptors (Lipinski definition) is 9. The number of nitrogens with one attached hydrogen (secondary N) is 1. The van der Waals surface area contributed by atoms with Crippen LogP contribution in [0.5, 0.6) is 11.8 Å². The molecule has 0 aliphatic carbocycles. The van der Waals surface area contributed by atoms with Gasteiger partial charge in [0.2, 0.25) is 0 Å². The molecule has 0 spiro atoms. The Bertz CT molecular complexity index is 1340. The number of ether oxygens (including phenoxy) is 3. The van der Waals surface area contributed by atoms with Crippen LogP contribution in [0.4, 0.5) is 11.5 Å². The Balaban J connectivity index is 1.29. The minimum absolute atomic E-state index is 0.319. The van der Waals surface area contributed by atoms with Gasteiger partial charge in [-0.15, -0.1) is 0 Å². The Morgan fingerprint density at radius 3 is 2.83 bits per heavy atom. The standard InChI is InChI=1S/C25H28N8O3/c1-31-17-18(16-27-31)6-11-36-25-28-22(32-9-13-34-14-10-32)15-23(29-25)33-8-5-20(30-33)19-3-2-4-21-24(19)35-12-7-26-21/h2-5,8,15-17,26H,6-7,9-14H2,1H3. The molecule has 11 nitrogen and oxygen atoms in total.